The monoisotopic (exact) mass is 470 g/mol. The number of nitrogen functional groups attached to an aromatic ring is 1. The van der Waals surface area contributed by atoms with Crippen LogP contribution in [-0.2, 0) is 20.9 Å². The standard InChI is InChI=1S/C22H30N8O4/c1-3-4-11-25-21-28-18(24)17-19(29-21)30(22(33)27-17)12-13-5-7-14(8-6-13)26-16(31)10-9-15(23)20(32)34-2/h5-8,15H,3-4,9-12,23H2,1-2H3,(H,26,31)(H,27,33)(H3,24,25,28,29). The van der Waals surface area contributed by atoms with Gasteiger partial charge < -0.3 is 31.8 Å². The summed E-state index contributed by atoms with van der Waals surface area (Å²) in [7, 11) is 1.25. The fourth-order valence-corrected chi connectivity index (χ4v) is 3.31. The Morgan fingerprint density at radius 3 is 2.65 bits per heavy atom. The van der Waals surface area contributed by atoms with Crippen LogP contribution in [0.15, 0.2) is 29.1 Å². The van der Waals surface area contributed by atoms with Gasteiger partial charge in [0, 0.05) is 18.7 Å². The number of nitrogens with two attached hydrogens (primary N) is 2. The van der Waals surface area contributed by atoms with Crippen molar-refractivity contribution in [3.05, 3.63) is 40.3 Å². The van der Waals surface area contributed by atoms with Gasteiger partial charge in [0.1, 0.15) is 11.6 Å². The number of aromatic nitrogens is 4. The van der Waals surface area contributed by atoms with E-state index in [9.17, 15) is 14.4 Å². The zero-order chi connectivity index (χ0) is 24.7. The molecule has 182 valence electrons. The van der Waals surface area contributed by atoms with Gasteiger partial charge in [-0.25, -0.2) is 4.79 Å². The molecular formula is C22H30N8O4. The molecule has 0 saturated carbocycles. The van der Waals surface area contributed by atoms with Gasteiger partial charge in [0.25, 0.3) is 0 Å². The predicted octanol–water partition coefficient (Wildman–Crippen LogP) is 1.18. The zero-order valence-electron chi connectivity index (χ0n) is 19.3. The molecule has 0 bridgehead atoms. The van der Waals surface area contributed by atoms with E-state index < -0.39 is 12.0 Å². The summed E-state index contributed by atoms with van der Waals surface area (Å²) in [6.07, 6.45) is 2.25. The van der Waals surface area contributed by atoms with E-state index >= 15 is 0 Å². The largest absolute Gasteiger partial charge is 0.468 e. The number of H-pyrrole nitrogens is 1. The van der Waals surface area contributed by atoms with Gasteiger partial charge in [0.2, 0.25) is 11.9 Å². The highest BCUT2D eigenvalue weighted by Gasteiger charge is 2.16. The van der Waals surface area contributed by atoms with Gasteiger partial charge in [-0.3, -0.25) is 14.2 Å². The minimum atomic E-state index is -0.840. The second-order valence-electron chi connectivity index (χ2n) is 7.84. The second kappa shape index (κ2) is 11.3. The number of esters is 1. The number of amides is 1. The number of imidazole rings is 1. The van der Waals surface area contributed by atoms with E-state index in [0.717, 1.165) is 18.4 Å². The fraction of sp³-hybridized carbons (Fsp3) is 0.409. The molecule has 0 radical (unpaired) electrons. The summed E-state index contributed by atoms with van der Waals surface area (Å²) >= 11 is 0. The van der Waals surface area contributed by atoms with Crippen molar-refractivity contribution in [2.24, 2.45) is 5.73 Å². The lowest BCUT2D eigenvalue weighted by Crippen LogP contribution is -2.32. The summed E-state index contributed by atoms with van der Waals surface area (Å²) in [6.45, 7) is 3.05. The third-order valence-corrected chi connectivity index (χ3v) is 5.23. The molecule has 0 spiro atoms. The number of nitrogens with zero attached hydrogens (tertiary/aromatic N) is 3. The van der Waals surface area contributed by atoms with Crippen molar-refractivity contribution in [2.45, 2.75) is 45.2 Å². The summed E-state index contributed by atoms with van der Waals surface area (Å²) in [6, 6.07) is 6.22. The lowest BCUT2D eigenvalue weighted by molar-refractivity contribution is -0.142. The highest BCUT2D eigenvalue weighted by molar-refractivity contribution is 5.91. The molecule has 0 saturated heterocycles. The van der Waals surface area contributed by atoms with E-state index in [1.54, 1.807) is 24.3 Å². The lowest BCUT2D eigenvalue weighted by Gasteiger charge is -2.10. The summed E-state index contributed by atoms with van der Waals surface area (Å²) in [5.41, 5.74) is 13.5. The first-order chi connectivity index (χ1) is 16.3. The molecule has 3 aromatic rings. The molecule has 2 heterocycles. The number of fused-ring (bicyclic) bond motifs is 1. The van der Waals surface area contributed by atoms with Crippen molar-refractivity contribution in [3.8, 4) is 0 Å². The Kier molecular flexibility index (Phi) is 8.19. The Morgan fingerprint density at radius 1 is 1.24 bits per heavy atom. The number of benzene rings is 1. The first-order valence-electron chi connectivity index (χ1n) is 11.0. The van der Waals surface area contributed by atoms with E-state index in [1.165, 1.54) is 11.7 Å². The first kappa shape index (κ1) is 24.7. The number of carbonyl (C=O) groups excluding carboxylic acids is 2. The average Bonchev–Trinajstić information content (AvgIpc) is 3.14. The maximum Gasteiger partial charge on any atom is 0.328 e. The SMILES string of the molecule is CCCCNc1nc(N)c2[nH]c(=O)n(Cc3ccc(NC(=O)CCC(N)C(=O)OC)cc3)c2n1. The summed E-state index contributed by atoms with van der Waals surface area (Å²) in [4.78, 5) is 47.4. The van der Waals surface area contributed by atoms with Crippen LogP contribution in [0, 0.1) is 0 Å². The van der Waals surface area contributed by atoms with Gasteiger partial charge in [0.05, 0.1) is 13.7 Å². The molecule has 12 nitrogen and oxygen atoms in total. The molecular weight excluding hydrogens is 440 g/mol. The predicted molar refractivity (Wildman–Crippen MR) is 129 cm³/mol. The van der Waals surface area contributed by atoms with Crippen LogP contribution in [0.5, 0.6) is 0 Å². The quantitative estimate of drug-likeness (QED) is 0.203. The van der Waals surface area contributed by atoms with E-state index in [4.69, 9.17) is 11.5 Å². The van der Waals surface area contributed by atoms with Crippen LogP contribution >= 0.6 is 0 Å². The van der Waals surface area contributed by atoms with Gasteiger partial charge in [0.15, 0.2) is 11.5 Å². The second-order valence-corrected chi connectivity index (χ2v) is 7.84. The van der Waals surface area contributed by atoms with Crippen LogP contribution < -0.4 is 27.8 Å². The highest BCUT2D eigenvalue weighted by atomic mass is 16.5. The third kappa shape index (κ3) is 6.10. The van der Waals surface area contributed by atoms with E-state index in [0.29, 0.717) is 29.3 Å². The number of methoxy groups -OCH3 is 1. The van der Waals surface area contributed by atoms with Crippen LogP contribution in [0.2, 0.25) is 0 Å². The van der Waals surface area contributed by atoms with Crippen LogP contribution in [0.3, 0.4) is 0 Å². The molecule has 7 N–H and O–H groups in total. The number of rotatable bonds is 11. The third-order valence-electron chi connectivity index (χ3n) is 5.23. The average molecular weight is 471 g/mol. The zero-order valence-corrected chi connectivity index (χ0v) is 19.3. The summed E-state index contributed by atoms with van der Waals surface area (Å²) < 4.78 is 6.03. The number of anilines is 3. The van der Waals surface area contributed by atoms with E-state index in [-0.39, 0.29) is 36.8 Å². The molecule has 0 aliphatic heterocycles. The van der Waals surface area contributed by atoms with Crippen LogP contribution in [0.25, 0.3) is 11.2 Å². The highest BCUT2D eigenvalue weighted by Crippen LogP contribution is 2.18. The molecule has 2 aromatic heterocycles. The van der Waals surface area contributed by atoms with Crippen LogP contribution in [0.4, 0.5) is 17.5 Å². The lowest BCUT2D eigenvalue weighted by atomic mass is 10.1. The molecule has 0 aliphatic rings. The van der Waals surface area contributed by atoms with Crippen LogP contribution in [0.1, 0.15) is 38.2 Å². The molecule has 1 unspecified atom stereocenters. The van der Waals surface area contributed by atoms with Crippen molar-refractivity contribution >= 4 is 40.5 Å². The van der Waals surface area contributed by atoms with Crippen LogP contribution in [-0.4, -0.2) is 51.1 Å². The molecule has 1 atom stereocenters. The minimum Gasteiger partial charge on any atom is -0.468 e. The Bertz CT molecular complexity index is 1200. The number of hydrogen-bond acceptors (Lipinski definition) is 9. The topological polar surface area (TPSA) is 183 Å². The number of ether oxygens (including phenoxy) is 1. The van der Waals surface area contributed by atoms with Crippen molar-refractivity contribution < 1.29 is 14.3 Å². The molecule has 3 rings (SSSR count). The molecule has 34 heavy (non-hydrogen) atoms. The smallest absolute Gasteiger partial charge is 0.328 e. The van der Waals surface area contributed by atoms with Gasteiger partial charge in [-0.15, -0.1) is 0 Å². The molecule has 12 heteroatoms. The maximum atomic E-state index is 12.5. The Morgan fingerprint density at radius 2 is 1.97 bits per heavy atom. The number of aromatic amines is 1. The first-order valence-corrected chi connectivity index (χ1v) is 11.0. The molecule has 0 fully saturated rings. The van der Waals surface area contributed by atoms with Crippen molar-refractivity contribution in [1.29, 1.82) is 0 Å². The summed E-state index contributed by atoms with van der Waals surface area (Å²) in [5, 5.41) is 5.88. The molecule has 1 amide bonds. The molecule has 1 aromatic carbocycles. The van der Waals surface area contributed by atoms with Gasteiger partial charge in [-0.1, -0.05) is 25.5 Å². The summed E-state index contributed by atoms with van der Waals surface area (Å²) in [5.74, 6) is -0.253. The number of nitrogens with one attached hydrogen (secondary N) is 3. The minimum absolute atomic E-state index is 0.0818. The normalized spacial score (nSPS) is 11.9. The van der Waals surface area contributed by atoms with E-state index in [2.05, 4.69) is 37.2 Å². The van der Waals surface area contributed by atoms with Gasteiger partial charge >= 0.3 is 11.7 Å². The Balaban J connectivity index is 1.68. The Hall–Kier alpha value is -3.93. The molecule has 0 aliphatic carbocycles. The fourth-order valence-electron chi connectivity index (χ4n) is 3.31. The van der Waals surface area contributed by atoms with E-state index in [1.807, 2.05) is 0 Å². The van der Waals surface area contributed by atoms with Crippen molar-refractivity contribution in [3.63, 3.8) is 0 Å². The maximum absolute atomic E-state index is 12.5. The van der Waals surface area contributed by atoms with Crippen molar-refractivity contribution in [1.82, 2.24) is 19.5 Å². The number of carbonyl (C=O) groups is 2. The van der Waals surface area contributed by atoms with Crippen molar-refractivity contribution in [2.75, 3.05) is 30.0 Å². The number of hydrogen-bond donors (Lipinski definition) is 5. The van der Waals surface area contributed by atoms with Gasteiger partial charge in [-0.05, 0) is 30.5 Å². The Labute approximate surface area is 196 Å². The van der Waals surface area contributed by atoms with Gasteiger partial charge in [-0.2, -0.15) is 9.97 Å². The number of unbranched alkanes of at least 4 members (excludes halogenated alkanes) is 1.